The number of ether oxygens (including phenoxy) is 1. The van der Waals surface area contributed by atoms with E-state index in [1.54, 1.807) is 0 Å². The summed E-state index contributed by atoms with van der Waals surface area (Å²) in [5.41, 5.74) is 0. The molecule has 0 aromatic carbocycles. The lowest BCUT2D eigenvalue weighted by Crippen LogP contribution is -2.77. The third kappa shape index (κ3) is 4.52. The van der Waals surface area contributed by atoms with Gasteiger partial charge < -0.3 is 4.74 Å². The van der Waals surface area contributed by atoms with Crippen LogP contribution in [0.2, 0.25) is 0 Å². The van der Waals surface area contributed by atoms with Gasteiger partial charge in [0.25, 0.3) is 0 Å². The number of carbonyl (C=O) groups is 1. The van der Waals surface area contributed by atoms with Crippen LogP contribution in [-0.2, 0) is 9.53 Å². The van der Waals surface area contributed by atoms with Crippen LogP contribution >= 0.6 is 0 Å². The standard InChI is InChI=1S/C14H5F21O2/c1-2-4(36)37-3-5(15,16)6(17,18)7(19,20)8(21,22)9(23,24)10(25,26)11(27,28)12(29,30)13(31,32)14(33,34)35/h2H,1,3H2. The molecular weight excluding hydrogens is 599 g/mol. The monoisotopic (exact) mass is 604 g/mol. The molecule has 0 aliphatic rings. The zero-order valence-corrected chi connectivity index (χ0v) is 16.2. The van der Waals surface area contributed by atoms with Gasteiger partial charge in [-0.2, -0.15) is 92.2 Å². The summed E-state index contributed by atoms with van der Waals surface area (Å²) in [6.07, 6.45) is -8.20. The van der Waals surface area contributed by atoms with Crippen LogP contribution in [0.3, 0.4) is 0 Å². The molecular formula is C14H5F21O2. The lowest BCUT2D eigenvalue weighted by molar-refractivity contribution is -0.474. The Bertz CT molecular complexity index is 867. The van der Waals surface area contributed by atoms with E-state index in [0.717, 1.165) is 0 Å². The summed E-state index contributed by atoms with van der Waals surface area (Å²) in [5.74, 6) is -80.1. The summed E-state index contributed by atoms with van der Waals surface area (Å²) in [5, 5.41) is 0. The minimum absolute atomic E-state index is 0.172. The first kappa shape index (κ1) is 34.7. The van der Waals surface area contributed by atoms with E-state index >= 15 is 0 Å². The summed E-state index contributed by atoms with van der Waals surface area (Å²) in [6.45, 7) is -1.02. The smallest absolute Gasteiger partial charge is 0.456 e. The van der Waals surface area contributed by atoms with Crippen LogP contribution in [0.1, 0.15) is 0 Å². The van der Waals surface area contributed by atoms with Gasteiger partial charge in [-0.25, -0.2) is 4.79 Å². The lowest BCUT2D eigenvalue weighted by Gasteiger charge is -2.44. The van der Waals surface area contributed by atoms with Gasteiger partial charge in [0.1, 0.15) is 0 Å². The van der Waals surface area contributed by atoms with Gasteiger partial charge in [0.15, 0.2) is 6.61 Å². The van der Waals surface area contributed by atoms with Gasteiger partial charge in [-0.15, -0.1) is 0 Å². The topological polar surface area (TPSA) is 26.3 Å². The Balaban J connectivity index is 6.94. The Morgan fingerprint density at radius 3 is 0.973 bits per heavy atom. The summed E-state index contributed by atoms with van der Waals surface area (Å²) < 4.78 is 278. The number of carbonyl (C=O) groups excluding carboxylic acids is 1. The van der Waals surface area contributed by atoms with Crippen LogP contribution in [0, 0.1) is 0 Å². The fourth-order valence-electron chi connectivity index (χ4n) is 1.90. The van der Waals surface area contributed by atoms with Gasteiger partial charge in [0.2, 0.25) is 0 Å². The van der Waals surface area contributed by atoms with Crippen molar-refractivity contribution in [3.63, 3.8) is 0 Å². The maximum absolute atomic E-state index is 13.5. The Hall–Kier alpha value is -2.26. The molecule has 0 saturated heterocycles. The summed E-state index contributed by atoms with van der Waals surface area (Å²) >= 11 is 0. The number of hydrogen-bond donors (Lipinski definition) is 0. The Morgan fingerprint density at radius 2 is 0.730 bits per heavy atom. The molecule has 0 fully saturated rings. The fourth-order valence-corrected chi connectivity index (χ4v) is 1.90. The van der Waals surface area contributed by atoms with Gasteiger partial charge in [0, 0.05) is 6.08 Å². The third-order valence-corrected chi connectivity index (χ3v) is 4.14. The molecule has 0 amide bonds. The Morgan fingerprint density at radius 1 is 0.486 bits per heavy atom. The molecule has 0 rings (SSSR count). The molecule has 220 valence electrons. The van der Waals surface area contributed by atoms with Crippen molar-refractivity contribution >= 4 is 5.97 Å². The Labute approximate surface area is 188 Å². The van der Waals surface area contributed by atoms with E-state index in [1.165, 1.54) is 0 Å². The molecule has 0 bridgehead atoms. The van der Waals surface area contributed by atoms with Crippen LogP contribution in [-0.4, -0.2) is 72.1 Å². The van der Waals surface area contributed by atoms with Gasteiger partial charge in [-0.05, 0) is 0 Å². The van der Waals surface area contributed by atoms with E-state index in [-0.39, 0.29) is 6.08 Å². The molecule has 37 heavy (non-hydrogen) atoms. The first-order chi connectivity index (χ1) is 15.7. The highest BCUT2D eigenvalue weighted by Crippen LogP contribution is 2.66. The zero-order chi connectivity index (χ0) is 30.7. The van der Waals surface area contributed by atoms with Gasteiger partial charge in [0.05, 0.1) is 0 Å². The van der Waals surface area contributed by atoms with E-state index in [0.29, 0.717) is 0 Å². The quantitative estimate of drug-likeness (QED) is 0.144. The highest BCUT2D eigenvalue weighted by atomic mass is 19.4. The number of hydrogen-bond acceptors (Lipinski definition) is 2. The molecule has 0 aliphatic carbocycles. The van der Waals surface area contributed by atoms with Crippen molar-refractivity contribution in [3.8, 4) is 0 Å². The second kappa shape index (κ2) is 8.90. The van der Waals surface area contributed by atoms with E-state index < -0.39 is 72.1 Å². The molecule has 0 aliphatic heterocycles. The molecule has 0 aromatic rings. The van der Waals surface area contributed by atoms with Crippen LogP contribution in [0.25, 0.3) is 0 Å². The van der Waals surface area contributed by atoms with E-state index in [2.05, 4.69) is 11.3 Å². The fraction of sp³-hybridized carbons (Fsp3) is 0.786. The molecule has 0 saturated carbocycles. The van der Waals surface area contributed by atoms with Crippen molar-refractivity contribution in [2.45, 2.75) is 59.5 Å². The van der Waals surface area contributed by atoms with Crippen molar-refractivity contribution in [1.82, 2.24) is 0 Å². The molecule has 0 spiro atoms. The predicted molar refractivity (Wildman–Crippen MR) is 71.7 cm³/mol. The van der Waals surface area contributed by atoms with Crippen molar-refractivity contribution in [2.75, 3.05) is 6.61 Å². The van der Waals surface area contributed by atoms with E-state index in [4.69, 9.17) is 0 Å². The maximum atomic E-state index is 13.5. The summed E-state index contributed by atoms with van der Waals surface area (Å²) in [7, 11) is 0. The number of alkyl halides is 21. The molecule has 0 unspecified atom stereocenters. The summed E-state index contributed by atoms with van der Waals surface area (Å²) in [6, 6.07) is 0. The van der Waals surface area contributed by atoms with Gasteiger partial charge in [-0.1, -0.05) is 6.58 Å². The van der Waals surface area contributed by atoms with Crippen molar-refractivity contribution in [2.24, 2.45) is 0 Å². The minimum Gasteiger partial charge on any atom is -0.456 e. The number of esters is 1. The third-order valence-electron chi connectivity index (χ3n) is 4.14. The lowest BCUT2D eigenvalue weighted by atomic mass is 9.86. The predicted octanol–water partition coefficient (Wildman–Crippen LogP) is 7.00. The first-order valence-electron chi connectivity index (χ1n) is 7.97. The molecule has 2 nitrogen and oxygen atoms in total. The minimum atomic E-state index is -9.23. The normalized spacial score (nSPS) is 16.0. The Kier molecular flexibility index (Phi) is 8.36. The van der Waals surface area contributed by atoms with Crippen LogP contribution in [0.15, 0.2) is 12.7 Å². The average molecular weight is 604 g/mol. The summed E-state index contributed by atoms with van der Waals surface area (Å²) in [4.78, 5) is 10.5. The first-order valence-corrected chi connectivity index (χ1v) is 7.97. The highest BCUT2D eigenvalue weighted by molar-refractivity contribution is 5.81. The van der Waals surface area contributed by atoms with Crippen molar-refractivity contribution < 1.29 is 102 Å². The SMILES string of the molecule is C=CC(=O)OCC(F)(F)C(F)(F)C(F)(F)C(F)(F)C(F)(F)C(F)(F)C(F)(F)C(F)(F)C(F)(F)C(F)(F)F. The molecule has 0 atom stereocenters. The molecule has 23 heteroatoms. The molecule has 0 N–H and O–H groups in total. The van der Waals surface area contributed by atoms with Crippen molar-refractivity contribution in [3.05, 3.63) is 12.7 Å². The second-order valence-corrected chi connectivity index (χ2v) is 6.61. The molecule has 0 radical (unpaired) electrons. The van der Waals surface area contributed by atoms with E-state index in [9.17, 15) is 97.0 Å². The second-order valence-electron chi connectivity index (χ2n) is 6.61. The van der Waals surface area contributed by atoms with E-state index in [1.807, 2.05) is 0 Å². The zero-order valence-electron chi connectivity index (χ0n) is 16.2. The number of halogens is 21. The van der Waals surface area contributed by atoms with Crippen molar-refractivity contribution in [1.29, 1.82) is 0 Å². The van der Waals surface area contributed by atoms with Crippen LogP contribution < -0.4 is 0 Å². The largest absolute Gasteiger partial charge is 0.460 e. The molecule has 0 heterocycles. The average Bonchev–Trinajstić information content (AvgIpc) is 2.69. The maximum Gasteiger partial charge on any atom is 0.460 e. The number of rotatable bonds is 11. The van der Waals surface area contributed by atoms with Gasteiger partial charge >= 0.3 is 65.4 Å². The van der Waals surface area contributed by atoms with Crippen LogP contribution in [0.4, 0.5) is 92.2 Å². The highest BCUT2D eigenvalue weighted by Gasteiger charge is 2.97. The van der Waals surface area contributed by atoms with Gasteiger partial charge in [-0.3, -0.25) is 0 Å². The molecule has 0 aromatic heterocycles. The van der Waals surface area contributed by atoms with Crippen LogP contribution in [0.5, 0.6) is 0 Å².